The number of ether oxygens (including phenoxy) is 1. The standard InChI is InChI=1S/C27H35N3O4/c1-17(2)14-15-28-26(32)23-24(20-10-12-22(13-11-20)29-25(31)18(3)4)34-27(33)30(23)16-21-9-7-6-8-19(21)5/h6-13,17-18,23-24H,14-16H2,1-5H3,(H,28,32)(H,29,31). The third-order valence-electron chi connectivity index (χ3n) is 6.01. The fourth-order valence-corrected chi connectivity index (χ4v) is 3.81. The molecule has 2 aromatic rings. The van der Waals surface area contributed by atoms with Crippen LogP contribution in [0.1, 0.15) is 56.9 Å². The Balaban J connectivity index is 1.85. The molecule has 34 heavy (non-hydrogen) atoms. The van der Waals surface area contributed by atoms with Crippen molar-refractivity contribution in [2.45, 2.75) is 59.7 Å². The van der Waals surface area contributed by atoms with Crippen LogP contribution in [-0.4, -0.2) is 35.4 Å². The summed E-state index contributed by atoms with van der Waals surface area (Å²) in [5.41, 5.74) is 3.36. The monoisotopic (exact) mass is 465 g/mol. The highest BCUT2D eigenvalue weighted by atomic mass is 16.6. The minimum atomic E-state index is -0.796. The molecule has 0 radical (unpaired) electrons. The summed E-state index contributed by atoms with van der Waals surface area (Å²) in [6.07, 6.45) is -0.417. The SMILES string of the molecule is Cc1ccccc1CN1C(=O)OC(c2ccc(NC(=O)C(C)C)cc2)C1C(=O)NCCC(C)C. The fourth-order valence-electron chi connectivity index (χ4n) is 3.81. The van der Waals surface area contributed by atoms with E-state index in [1.165, 1.54) is 4.90 Å². The van der Waals surface area contributed by atoms with E-state index < -0.39 is 18.2 Å². The Morgan fingerprint density at radius 2 is 1.71 bits per heavy atom. The Labute approximate surface area is 201 Å². The summed E-state index contributed by atoms with van der Waals surface area (Å²) in [5.74, 6) is 0.00716. The second kappa shape index (κ2) is 11.2. The molecule has 0 aromatic heterocycles. The third kappa shape index (κ3) is 6.16. The van der Waals surface area contributed by atoms with Crippen LogP contribution in [-0.2, 0) is 20.9 Å². The molecule has 3 rings (SSSR count). The first kappa shape index (κ1) is 25.3. The van der Waals surface area contributed by atoms with E-state index in [2.05, 4.69) is 24.5 Å². The lowest BCUT2D eigenvalue weighted by molar-refractivity contribution is -0.126. The van der Waals surface area contributed by atoms with Crippen molar-refractivity contribution in [2.24, 2.45) is 11.8 Å². The van der Waals surface area contributed by atoms with E-state index in [-0.39, 0.29) is 24.3 Å². The van der Waals surface area contributed by atoms with Crippen molar-refractivity contribution in [3.05, 3.63) is 65.2 Å². The summed E-state index contributed by atoms with van der Waals surface area (Å²) >= 11 is 0. The maximum atomic E-state index is 13.3. The largest absolute Gasteiger partial charge is 0.438 e. The van der Waals surface area contributed by atoms with E-state index in [0.717, 1.165) is 17.5 Å². The zero-order valence-electron chi connectivity index (χ0n) is 20.6. The number of rotatable bonds is 9. The van der Waals surface area contributed by atoms with E-state index >= 15 is 0 Å². The number of cyclic esters (lactones) is 1. The Bertz CT molecular complexity index is 1020. The van der Waals surface area contributed by atoms with Crippen LogP contribution >= 0.6 is 0 Å². The van der Waals surface area contributed by atoms with Gasteiger partial charge in [0.15, 0.2) is 12.1 Å². The highest BCUT2D eigenvalue weighted by Crippen LogP contribution is 2.35. The minimum Gasteiger partial charge on any atom is -0.438 e. The zero-order valence-corrected chi connectivity index (χ0v) is 20.6. The van der Waals surface area contributed by atoms with Gasteiger partial charge in [0.2, 0.25) is 11.8 Å². The molecule has 2 unspecified atom stereocenters. The molecule has 1 fully saturated rings. The number of nitrogens with zero attached hydrogens (tertiary/aromatic N) is 1. The fraction of sp³-hybridized carbons (Fsp3) is 0.444. The maximum absolute atomic E-state index is 13.3. The minimum absolute atomic E-state index is 0.0770. The molecule has 0 saturated carbocycles. The van der Waals surface area contributed by atoms with E-state index in [4.69, 9.17) is 4.74 Å². The van der Waals surface area contributed by atoms with Crippen LogP contribution < -0.4 is 10.6 Å². The summed E-state index contributed by atoms with van der Waals surface area (Å²) in [4.78, 5) is 39.7. The van der Waals surface area contributed by atoms with Gasteiger partial charge in [0, 0.05) is 18.2 Å². The lowest BCUT2D eigenvalue weighted by atomic mass is 9.99. The molecule has 2 atom stereocenters. The van der Waals surface area contributed by atoms with Crippen molar-refractivity contribution in [1.82, 2.24) is 10.2 Å². The average Bonchev–Trinajstić information content (AvgIpc) is 3.11. The number of hydrogen-bond acceptors (Lipinski definition) is 4. The van der Waals surface area contributed by atoms with Crippen LogP contribution in [0.3, 0.4) is 0 Å². The molecule has 0 bridgehead atoms. The van der Waals surface area contributed by atoms with Gasteiger partial charge in [-0.05, 0) is 48.1 Å². The molecular weight excluding hydrogens is 430 g/mol. The third-order valence-corrected chi connectivity index (χ3v) is 6.01. The van der Waals surface area contributed by atoms with Gasteiger partial charge in [0.25, 0.3) is 0 Å². The Hall–Kier alpha value is -3.35. The first-order chi connectivity index (χ1) is 16.2. The first-order valence-corrected chi connectivity index (χ1v) is 11.9. The van der Waals surface area contributed by atoms with Crippen molar-refractivity contribution < 1.29 is 19.1 Å². The molecule has 3 amide bonds. The van der Waals surface area contributed by atoms with Gasteiger partial charge in [-0.15, -0.1) is 0 Å². The van der Waals surface area contributed by atoms with Gasteiger partial charge in [0.05, 0.1) is 6.54 Å². The van der Waals surface area contributed by atoms with Crippen LogP contribution in [0, 0.1) is 18.8 Å². The van der Waals surface area contributed by atoms with Gasteiger partial charge in [-0.1, -0.05) is 64.1 Å². The summed E-state index contributed by atoms with van der Waals surface area (Å²) in [5, 5.41) is 5.84. The summed E-state index contributed by atoms with van der Waals surface area (Å²) in [6, 6.07) is 14.1. The number of benzene rings is 2. The molecule has 182 valence electrons. The predicted octanol–water partition coefficient (Wildman–Crippen LogP) is 4.81. The van der Waals surface area contributed by atoms with Gasteiger partial charge >= 0.3 is 6.09 Å². The molecule has 0 spiro atoms. The number of anilines is 1. The molecule has 1 heterocycles. The topological polar surface area (TPSA) is 87.7 Å². The van der Waals surface area contributed by atoms with Gasteiger partial charge in [-0.3, -0.25) is 14.5 Å². The highest BCUT2D eigenvalue weighted by Gasteiger charge is 2.47. The van der Waals surface area contributed by atoms with Crippen molar-refractivity contribution in [2.75, 3.05) is 11.9 Å². The van der Waals surface area contributed by atoms with Crippen LogP contribution in [0.15, 0.2) is 48.5 Å². The average molecular weight is 466 g/mol. The maximum Gasteiger partial charge on any atom is 0.411 e. The van der Waals surface area contributed by atoms with E-state index in [0.29, 0.717) is 23.7 Å². The summed E-state index contributed by atoms with van der Waals surface area (Å²) < 4.78 is 5.73. The van der Waals surface area contributed by atoms with Crippen LogP contribution in [0.25, 0.3) is 0 Å². The summed E-state index contributed by atoms with van der Waals surface area (Å²) in [7, 11) is 0. The second-order valence-corrected chi connectivity index (χ2v) is 9.54. The van der Waals surface area contributed by atoms with Crippen molar-refractivity contribution in [3.8, 4) is 0 Å². The molecule has 1 aliphatic rings. The number of hydrogen-bond donors (Lipinski definition) is 2. The highest BCUT2D eigenvalue weighted by molar-refractivity contribution is 5.92. The molecule has 7 nitrogen and oxygen atoms in total. The van der Waals surface area contributed by atoms with Gasteiger partial charge < -0.3 is 15.4 Å². The van der Waals surface area contributed by atoms with E-state index in [1.54, 1.807) is 24.3 Å². The van der Waals surface area contributed by atoms with Gasteiger partial charge in [-0.2, -0.15) is 0 Å². The molecular formula is C27H35N3O4. The molecule has 1 aliphatic heterocycles. The Kier molecular flexibility index (Phi) is 8.31. The number of nitrogens with one attached hydrogen (secondary N) is 2. The van der Waals surface area contributed by atoms with E-state index in [1.807, 2.05) is 45.0 Å². The smallest absolute Gasteiger partial charge is 0.411 e. The number of aryl methyl sites for hydroxylation is 1. The van der Waals surface area contributed by atoms with Crippen LogP contribution in [0.5, 0.6) is 0 Å². The molecule has 1 saturated heterocycles. The normalized spacial score (nSPS) is 17.7. The zero-order chi connectivity index (χ0) is 24.8. The first-order valence-electron chi connectivity index (χ1n) is 11.9. The predicted molar refractivity (Wildman–Crippen MR) is 132 cm³/mol. The molecule has 2 aromatic carbocycles. The molecule has 2 N–H and O–H groups in total. The van der Waals surface area contributed by atoms with E-state index in [9.17, 15) is 14.4 Å². The van der Waals surface area contributed by atoms with Gasteiger partial charge in [-0.25, -0.2) is 4.79 Å². The lowest BCUT2D eigenvalue weighted by Gasteiger charge is -2.25. The van der Waals surface area contributed by atoms with Crippen LogP contribution in [0.4, 0.5) is 10.5 Å². The Morgan fingerprint density at radius 1 is 1.03 bits per heavy atom. The molecule has 7 heteroatoms. The number of carbonyl (C=O) groups excluding carboxylic acids is 3. The number of carbonyl (C=O) groups is 3. The summed E-state index contributed by atoms with van der Waals surface area (Å²) in [6.45, 7) is 10.7. The second-order valence-electron chi connectivity index (χ2n) is 9.54. The van der Waals surface area contributed by atoms with Crippen molar-refractivity contribution >= 4 is 23.6 Å². The number of amides is 3. The van der Waals surface area contributed by atoms with Crippen molar-refractivity contribution in [1.29, 1.82) is 0 Å². The molecule has 0 aliphatic carbocycles. The lowest BCUT2D eigenvalue weighted by Crippen LogP contribution is -2.46. The van der Waals surface area contributed by atoms with Crippen LogP contribution in [0.2, 0.25) is 0 Å². The van der Waals surface area contributed by atoms with Gasteiger partial charge in [0.1, 0.15) is 0 Å². The quantitative estimate of drug-likeness (QED) is 0.556. The van der Waals surface area contributed by atoms with Crippen molar-refractivity contribution in [3.63, 3.8) is 0 Å². The Morgan fingerprint density at radius 3 is 2.32 bits per heavy atom.